The molecule has 1 fully saturated rings. The number of guanidine groups is 1. The van der Waals surface area contributed by atoms with Crippen molar-refractivity contribution in [2.75, 3.05) is 40.8 Å². The van der Waals surface area contributed by atoms with E-state index in [0.29, 0.717) is 19.6 Å². The number of aliphatic imine (C=N–C) groups is 1. The van der Waals surface area contributed by atoms with E-state index in [0.717, 1.165) is 63.9 Å². The summed E-state index contributed by atoms with van der Waals surface area (Å²) in [7, 11) is 5.42. The molecule has 0 unspecified atom stereocenters. The second kappa shape index (κ2) is 14.9. The number of carbonyl (C=O) groups excluding carboxylic acids is 2. The van der Waals surface area contributed by atoms with Crippen LogP contribution in [0.15, 0.2) is 4.99 Å². The minimum atomic E-state index is -0.297. The molecule has 1 aliphatic carbocycles. The summed E-state index contributed by atoms with van der Waals surface area (Å²) in [6.45, 7) is 3.74. The zero-order valence-electron chi connectivity index (χ0n) is 18.0. The van der Waals surface area contributed by atoms with E-state index in [4.69, 9.17) is 4.74 Å². The standard InChI is InChI=1S/C20H38N4O3.HI/c1-5-27-17(25)12-8-6-7-11-15-22-19(21-2)23-16-20(13-9-10-14-20)18(26)24(3)4;/h5-16H2,1-4H3,(H2,21,22,23);1H. The highest BCUT2D eigenvalue weighted by Crippen LogP contribution is 2.38. The number of nitrogens with one attached hydrogen (secondary N) is 2. The Bertz CT molecular complexity index is 492. The van der Waals surface area contributed by atoms with Gasteiger partial charge in [0.05, 0.1) is 12.0 Å². The third-order valence-corrected chi connectivity index (χ3v) is 5.14. The molecule has 0 aromatic carbocycles. The van der Waals surface area contributed by atoms with Crippen molar-refractivity contribution in [2.45, 2.75) is 64.7 Å². The van der Waals surface area contributed by atoms with Crippen LogP contribution in [0, 0.1) is 5.41 Å². The van der Waals surface area contributed by atoms with E-state index in [1.807, 2.05) is 21.0 Å². The third kappa shape index (κ3) is 9.43. The highest BCUT2D eigenvalue weighted by Gasteiger charge is 2.42. The number of halogens is 1. The first-order valence-electron chi connectivity index (χ1n) is 10.3. The van der Waals surface area contributed by atoms with Crippen molar-refractivity contribution in [3.8, 4) is 0 Å². The molecule has 164 valence electrons. The number of unbranched alkanes of at least 4 members (excludes halogenated alkanes) is 3. The Balaban J connectivity index is 0.00000729. The van der Waals surface area contributed by atoms with E-state index >= 15 is 0 Å². The van der Waals surface area contributed by atoms with Crippen molar-refractivity contribution in [1.82, 2.24) is 15.5 Å². The average molecular weight is 510 g/mol. The maximum atomic E-state index is 12.6. The van der Waals surface area contributed by atoms with Gasteiger partial charge >= 0.3 is 5.97 Å². The molecule has 28 heavy (non-hydrogen) atoms. The van der Waals surface area contributed by atoms with E-state index in [2.05, 4.69) is 15.6 Å². The number of esters is 1. The van der Waals surface area contributed by atoms with Crippen molar-refractivity contribution in [2.24, 2.45) is 10.4 Å². The Hall–Kier alpha value is -1.06. The van der Waals surface area contributed by atoms with E-state index in [1.165, 1.54) is 0 Å². The molecule has 2 N–H and O–H groups in total. The highest BCUT2D eigenvalue weighted by atomic mass is 127. The molecule has 0 radical (unpaired) electrons. The zero-order valence-corrected chi connectivity index (χ0v) is 20.3. The lowest BCUT2D eigenvalue weighted by atomic mass is 9.84. The molecule has 0 spiro atoms. The van der Waals surface area contributed by atoms with E-state index in [1.54, 1.807) is 11.9 Å². The van der Waals surface area contributed by atoms with Crippen LogP contribution in [0.1, 0.15) is 64.7 Å². The molecule has 0 saturated heterocycles. The molecule has 0 heterocycles. The lowest BCUT2D eigenvalue weighted by molar-refractivity contribution is -0.143. The molecule has 0 aromatic rings. The van der Waals surface area contributed by atoms with Gasteiger partial charge in [-0.3, -0.25) is 14.6 Å². The van der Waals surface area contributed by atoms with E-state index in [-0.39, 0.29) is 41.3 Å². The molecule has 1 rings (SSSR count). The van der Waals surface area contributed by atoms with Gasteiger partial charge in [-0.1, -0.05) is 25.7 Å². The quantitative estimate of drug-likeness (QED) is 0.147. The van der Waals surface area contributed by atoms with Gasteiger partial charge in [-0.25, -0.2) is 0 Å². The maximum Gasteiger partial charge on any atom is 0.305 e. The average Bonchev–Trinajstić information content (AvgIpc) is 3.12. The SMILES string of the molecule is CCOC(=O)CCCCCCNC(=NC)NCC1(C(=O)N(C)C)CCCC1.I. The molecule has 0 aromatic heterocycles. The molecule has 1 amide bonds. The van der Waals surface area contributed by atoms with Gasteiger partial charge < -0.3 is 20.3 Å². The normalized spacial score (nSPS) is 15.5. The summed E-state index contributed by atoms with van der Waals surface area (Å²) in [5.41, 5.74) is -0.297. The van der Waals surface area contributed by atoms with Crippen LogP contribution in [-0.4, -0.2) is 63.6 Å². The first kappa shape index (κ1) is 26.9. The second-order valence-electron chi connectivity index (χ2n) is 7.51. The Morgan fingerprint density at radius 3 is 2.29 bits per heavy atom. The fourth-order valence-corrected chi connectivity index (χ4v) is 3.65. The summed E-state index contributed by atoms with van der Waals surface area (Å²) >= 11 is 0. The fourth-order valence-electron chi connectivity index (χ4n) is 3.65. The summed E-state index contributed by atoms with van der Waals surface area (Å²) in [5, 5.41) is 6.67. The topological polar surface area (TPSA) is 83.0 Å². The number of ether oxygens (including phenoxy) is 1. The predicted octanol–water partition coefficient (Wildman–Crippen LogP) is 2.93. The predicted molar refractivity (Wildman–Crippen MR) is 124 cm³/mol. The van der Waals surface area contributed by atoms with Crippen LogP contribution in [0.3, 0.4) is 0 Å². The van der Waals surface area contributed by atoms with Crippen LogP contribution < -0.4 is 10.6 Å². The Labute approximate surface area is 187 Å². The van der Waals surface area contributed by atoms with Crippen molar-refractivity contribution >= 4 is 41.8 Å². The van der Waals surface area contributed by atoms with Crippen LogP contribution >= 0.6 is 24.0 Å². The van der Waals surface area contributed by atoms with Crippen molar-refractivity contribution in [3.05, 3.63) is 0 Å². The van der Waals surface area contributed by atoms with Crippen LogP contribution in [-0.2, 0) is 14.3 Å². The summed E-state index contributed by atoms with van der Waals surface area (Å²) in [6, 6.07) is 0. The highest BCUT2D eigenvalue weighted by molar-refractivity contribution is 14.0. The lowest BCUT2D eigenvalue weighted by Crippen LogP contribution is -2.49. The monoisotopic (exact) mass is 510 g/mol. The molecule has 8 heteroatoms. The minimum absolute atomic E-state index is 0. The van der Waals surface area contributed by atoms with Crippen LogP contribution in [0.25, 0.3) is 0 Å². The van der Waals surface area contributed by atoms with Gasteiger partial charge in [-0.2, -0.15) is 0 Å². The molecule has 0 bridgehead atoms. The largest absolute Gasteiger partial charge is 0.466 e. The van der Waals surface area contributed by atoms with Gasteiger partial charge in [0.2, 0.25) is 5.91 Å². The van der Waals surface area contributed by atoms with Gasteiger partial charge in [0.15, 0.2) is 5.96 Å². The lowest BCUT2D eigenvalue weighted by Gasteiger charge is -2.31. The molecule has 1 saturated carbocycles. The Morgan fingerprint density at radius 2 is 1.71 bits per heavy atom. The molecular weight excluding hydrogens is 471 g/mol. The first-order chi connectivity index (χ1) is 12.9. The second-order valence-corrected chi connectivity index (χ2v) is 7.51. The van der Waals surface area contributed by atoms with Crippen LogP contribution in [0.2, 0.25) is 0 Å². The van der Waals surface area contributed by atoms with Crippen molar-refractivity contribution in [1.29, 1.82) is 0 Å². The molecular formula is C20H39IN4O3. The molecule has 1 aliphatic rings. The van der Waals surface area contributed by atoms with Gasteiger partial charge in [0, 0.05) is 40.7 Å². The summed E-state index contributed by atoms with van der Waals surface area (Å²) in [6.07, 6.45) is 8.58. The van der Waals surface area contributed by atoms with Gasteiger partial charge in [0.25, 0.3) is 0 Å². The number of rotatable bonds is 11. The number of hydrogen-bond acceptors (Lipinski definition) is 4. The molecule has 7 nitrogen and oxygen atoms in total. The number of hydrogen-bond donors (Lipinski definition) is 2. The molecule has 0 atom stereocenters. The first-order valence-corrected chi connectivity index (χ1v) is 10.3. The van der Waals surface area contributed by atoms with Crippen molar-refractivity contribution in [3.63, 3.8) is 0 Å². The van der Waals surface area contributed by atoms with Crippen molar-refractivity contribution < 1.29 is 14.3 Å². The Kier molecular flexibility index (Phi) is 14.3. The summed E-state index contributed by atoms with van der Waals surface area (Å²) < 4.78 is 4.92. The maximum absolute atomic E-state index is 12.6. The minimum Gasteiger partial charge on any atom is -0.466 e. The van der Waals surface area contributed by atoms with Gasteiger partial charge in [0.1, 0.15) is 0 Å². The smallest absolute Gasteiger partial charge is 0.305 e. The van der Waals surface area contributed by atoms with Gasteiger partial charge in [-0.15, -0.1) is 24.0 Å². The zero-order chi connectivity index (χ0) is 20.1. The van der Waals surface area contributed by atoms with Crippen LogP contribution in [0.4, 0.5) is 0 Å². The fraction of sp³-hybridized carbons (Fsp3) is 0.850. The Morgan fingerprint density at radius 1 is 1.07 bits per heavy atom. The third-order valence-electron chi connectivity index (χ3n) is 5.14. The number of carbonyl (C=O) groups is 2. The van der Waals surface area contributed by atoms with Gasteiger partial charge in [-0.05, 0) is 32.6 Å². The number of amides is 1. The number of nitrogens with zero attached hydrogens (tertiary/aromatic N) is 2. The molecule has 0 aliphatic heterocycles. The summed E-state index contributed by atoms with van der Waals surface area (Å²) in [5.74, 6) is 0.859. The summed E-state index contributed by atoms with van der Waals surface area (Å²) in [4.78, 5) is 29.9. The van der Waals surface area contributed by atoms with E-state index < -0.39 is 0 Å². The van der Waals surface area contributed by atoms with E-state index in [9.17, 15) is 9.59 Å². The van der Waals surface area contributed by atoms with Crippen LogP contribution in [0.5, 0.6) is 0 Å².